The number of nitrogens with zero attached hydrogens (tertiary/aromatic N) is 2. The number of nitrogens with one attached hydrogen (secondary N) is 2. The largest absolute Gasteiger partial charge is 0.373 e. The Morgan fingerprint density at radius 2 is 1.93 bits per heavy atom. The molecule has 1 aromatic carbocycles. The monoisotopic (exact) mass is 386 g/mol. The molecule has 2 unspecified atom stereocenters. The Balaban J connectivity index is 1.38. The molecular formula is C23H38N4O. The molecule has 0 amide bonds. The minimum Gasteiger partial charge on any atom is -0.373 e. The second-order valence-corrected chi connectivity index (χ2v) is 8.36. The maximum atomic E-state index is 6.11. The van der Waals surface area contributed by atoms with Gasteiger partial charge in [0.25, 0.3) is 0 Å². The van der Waals surface area contributed by atoms with Crippen molar-refractivity contribution in [1.82, 2.24) is 15.5 Å². The Hall–Kier alpha value is -1.59. The summed E-state index contributed by atoms with van der Waals surface area (Å²) in [5, 5.41) is 7.01. The number of hydrogen-bond donors (Lipinski definition) is 2. The van der Waals surface area contributed by atoms with E-state index in [4.69, 9.17) is 4.74 Å². The zero-order valence-corrected chi connectivity index (χ0v) is 17.7. The van der Waals surface area contributed by atoms with E-state index < -0.39 is 0 Å². The molecule has 2 N–H and O–H groups in total. The van der Waals surface area contributed by atoms with Crippen LogP contribution < -0.4 is 10.6 Å². The van der Waals surface area contributed by atoms with Crippen LogP contribution in [0.2, 0.25) is 0 Å². The molecule has 0 saturated carbocycles. The van der Waals surface area contributed by atoms with Crippen molar-refractivity contribution >= 4 is 5.96 Å². The SMILES string of the molecule is CN=C(NCCCN1CCC(C)CC1)NCC1CCCOC1c1ccccc1. The minimum atomic E-state index is 0.182. The highest BCUT2D eigenvalue weighted by Gasteiger charge is 2.27. The van der Waals surface area contributed by atoms with Crippen molar-refractivity contribution in [2.45, 2.75) is 45.1 Å². The molecule has 28 heavy (non-hydrogen) atoms. The van der Waals surface area contributed by atoms with Gasteiger partial charge in [-0.05, 0) is 63.2 Å². The highest BCUT2D eigenvalue weighted by Crippen LogP contribution is 2.33. The van der Waals surface area contributed by atoms with Crippen molar-refractivity contribution < 1.29 is 4.74 Å². The lowest BCUT2D eigenvalue weighted by molar-refractivity contribution is -0.0265. The van der Waals surface area contributed by atoms with E-state index >= 15 is 0 Å². The molecule has 3 rings (SSSR count). The molecule has 2 saturated heterocycles. The molecule has 2 heterocycles. The molecule has 1 aromatic rings. The van der Waals surface area contributed by atoms with Gasteiger partial charge in [-0.25, -0.2) is 0 Å². The summed E-state index contributed by atoms with van der Waals surface area (Å²) in [5.74, 6) is 2.29. The lowest BCUT2D eigenvalue weighted by Gasteiger charge is -2.32. The van der Waals surface area contributed by atoms with E-state index in [1.807, 2.05) is 7.05 Å². The van der Waals surface area contributed by atoms with Crippen molar-refractivity contribution in [3.63, 3.8) is 0 Å². The maximum absolute atomic E-state index is 6.11. The van der Waals surface area contributed by atoms with Crippen LogP contribution in [0.25, 0.3) is 0 Å². The zero-order chi connectivity index (χ0) is 19.6. The van der Waals surface area contributed by atoms with Gasteiger partial charge in [-0.15, -0.1) is 0 Å². The van der Waals surface area contributed by atoms with E-state index in [1.54, 1.807) is 0 Å². The van der Waals surface area contributed by atoms with E-state index in [0.717, 1.165) is 44.4 Å². The fourth-order valence-corrected chi connectivity index (χ4v) is 4.31. The van der Waals surface area contributed by atoms with Gasteiger partial charge in [0.2, 0.25) is 0 Å². The summed E-state index contributed by atoms with van der Waals surface area (Å²) in [7, 11) is 1.85. The van der Waals surface area contributed by atoms with Gasteiger partial charge in [-0.1, -0.05) is 37.3 Å². The normalized spacial score (nSPS) is 24.9. The predicted molar refractivity (Wildman–Crippen MR) is 117 cm³/mol. The summed E-state index contributed by atoms with van der Waals surface area (Å²) < 4.78 is 6.11. The molecule has 0 radical (unpaired) electrons. The van der Waals surface area contributed by atoms with Crippen LogP contribution in [-0.4, -0.2) is 57.2 Å². The van der Waals surface area contributed by atoms with Crippen molar-refractivity contribution in [2.24, 2.45) is 16.8 Å². The van der Waals surface area contributed by atoms with Crippen LogP contribution in [0.4, 0.5) is 0 Å². The molecule has 2 aliphatic rings. The van der Waals surface area contributed by atoms with Crippen LogP contribution in [0.5, 0.6) is 0 Å². The van der Waals surface area contributed by atoms with Crippen LogP contribution in [0.15, 0.2) is 35.3 Å². The third-order valence-electron chi connectivity index (χ3n) is 6.15. The van der Waals surface area contributed by atoms with Crippen LogP contribution in [0, 0.1) is 11.8 Å². The van der Waals surface area contributed by atoms with Gasteiger partial charge in [0.15, 0.2) is 5.96 Å². The molecule has 5 nitrogen and oxygen atoms in total. The van der Waals surface area contributed by atoms with E-state index in [2.05, 4.69) is 57.8 Å². The lowest BCUT2D eigenvalue weighted by Crippen LogP contribution is -2.43. The molecule has 5 heteroatoms. The average Bonchev–Trinajstić information content (AvgIpc) is 2.75. The molecule has 2 atom stereocenters. The van der Waals surface area contributed by atoms with Crippen molar-refractivity contribution in [3.8, 4) is 0 Å². The molecular weight excluding hydrogens is 348 g/mol. The van der Waals surface area contributed by atoms with Crippen LogP contribution >= 0.6 is 0 Å². The van der Waals surface area contributed by atoms with Gasteiger partial charge in [0.05, 0.1) is 6.10 Å². The number of ether oxygens (including phenoxy) is 1. The Morgan fingerprint density at radius 1 is 1.14 bits per heavy atom. The van der Waals surface area contributed by atoms with Crippen molar-refractivity contribution in [3.05, 3.63) is 35.9 Å². The molecule has 156 valence electrons. The molecule has 0 aromatic heterocycles. The number of rotatable bonds is 7. The van der Waals surface area contributed by atoms with E-state index in [9.17, 15) is 0 Å². The minimum absolute atomic E-state index is 0.182. The van der Waals surface area contributed by atoms with Gasteiger partial charge in [-0.3, -0.25) is 4.99 Å². The summed E-state index contributed by atoms with van der Waals surface area (Å²) in [6.07, 6.45) is 6.37. The molecule has 0 bridgehead atoms. The summed E-state index contributed by atoms with van der Waals surface area (Å²) in [6.45, 7) is 8.79. The summed E-state index contributed by atoms with van der Waals surface area (Å²) in [4.78, 5) is 7.00. The lowest BCUT2D eigenvalue weighted by atomic mass is 9.89. The third kappa shape index (κ3) is 6.49. The van der Waals surface area contributed by atoms with Crippen molar-refractivity contribution in [2.75, 3.05) is 46.4 Å². The Morgan fingerprint density at radius 3 is 2.68 bits per heavy atom. The van der Waals surface area contributed by atoms with Crippen LogP contribution in [-0.2, 0) is 4.74 Å². The predicted octanol–water partition coefficient (Wildman–Crippen LogP) is 3.44. The van der Waals surface area contributed by atoms with E-state index in [1.165, 1.54) is 44.5 Å². The standard InChI is InChI=1S/C23H38N4O/c1-19-11-15-27(16-12-19)14-7-13-25-23(24-2)26-18-21-10-6-17-28-22(21)20-8-4-3-5-9-20/h3-5,8-9,19,21-22H,6-7,10-18H2,1-2H3,(H2,24,25,26). The Bertz CT molecular complexity index is 584. The van der Waals surface area contributed by atoms with Crippen LogP contribution in [0.1, 0.15) is 50.7 Å². The number of guanidine groups is 1. The fourth-order valence-electron chi connectivity index (χ4n) is 4.31. The summed E-state index contributed by atoms with van der Waals surface area (Å²) in [5.41, 5.74) is 1.28. The quantitative estimate of drug-likeness (QED) is 0.428. The number of aliphatic imine (C=N–C) groups is 1. The van der Waals surface area contributed by atoms with Gasteiger partial charge in [0, 0.05) is 32.7 Å². The molecule has 0 aliphatic carbocycles. The first-order valence-electron chi connectivity index (χ1n) is 11.1. The second-order valence-electron chi connectivity index (χ2n) is 8.36. The van der Waals surface area contributed by atoms with E-state index in [0.29, 0.717) is 5.92 Å². The first-order valence-corrected chi connectivity index (χ1v) is 11.1. The average molecular weight is 387 g/mol. The molecule has 0 spiro atoms. The van der Waals surface area contributed by atoms with Gasteiger partial charge in [0.1, 0.15) is 0 Å². The number of likely N-dealkylation sites (tertiary alicyclic amines) is 1. The summed E-state index contributed by atoms with van der Waals surface area (Å²) in [6, 6.07) is 10.6. The van der Waals surface area contributed by atoms with Gasteiger partial charge in [-0.2, -0.15) is 0 Å². The van der Waals surface area contributed by atoms with Gasteiger partial charge >= 0.3 is 0 Å². The second kappa shape index (κ2) is 11.4. The Kier molecular flexibility index (Phi) is 8.62. The van der Waals surface area contributed by atoms with Crippen LogP contribution in [0.3, 0.4) is 0 Å². The number of benzene rings is 1. The van der Waals surface area contributed by atoms with Crippen molar-refractivity contribution in [1.29, 1.82) is 0 Å². The Labute approximate surface area is 170 Å². The van der Waals surface area contributed by atoms with E-state index in [-0.39, 0.29) is 6.10 Å². The van der Waals surface area contributed by atoms with Gasteiger partial charge < -0.3 is 20.3 Å². The zero-order valence-electron chi connectivity index (χ0n) is 17.7. The molecule has 2 aliphatic heterocycles. The fraction of sp³-hybridized carbons (Fsp3) is 0.696. The summed E-state index contributed by atoms with van der Waals surface area (Å²) >= 11 is 0. The first-order chi connectivity index (χ1) is 13.8. The molecule has 2 fully saturated rings. The maximum Gasteiger partial charge on any atom is 0.190 e. The third-order valence-corrected chi connectivity index (χ3v) is 6.15. The smallest absolute Gasteiger partial charge is 0.190 e. The first kappa shape index (κ1) is 21.1. The number of piperidine rings is 1. The highest BCUT2D eigenvalue weighted by atomic mass is 16.5. The highest BCUT2D eigenvalue weighted by molar-refractivity contribution is 5.79. The topological polar surface area (TPSA) is 48.9 Å². The number of hydrogen-bond acceptors (Lipinski definition) is 3.